The summed E-state index contributed by atoms with van der Waals surface area (Å²) in [6, 6.07) is 1.45. The van der Waals surface area contributed by atoms with E-state index >= 15 is 0 Å². The van der Waals surface area contributed by atoms with E-state index in [0.29, 0.717) is 0 Å². The first-order valence-corrected chi connectivity index (χ1v) is 1.30. The van der Waals surface area contributed by atoms with Crippen molar-refractivity contribution < 1.29 is 2.78 Å². The van der Waals surface area contributed by atoms with E-state index in [0.717, 1.165) is 5.09 Å². The quantitative estimate of drug-likeness (QED) is 0.470. The maximum atomic E-state index is 6.76. The van der Waals surface area contributed by atoms with E-state index in [4.69, 9.17) is 2.78 Å². The lowest BCUT2D eigenvalue weighted by Gasteiger charge is -1.49. The molecule has 0 saturated heterocycles. The molecule has 1 aromatic rings. The normalized spacial score (nSPS) is 13.6. The fourth-order valence-corrected chi connectivity index (χ4v) is 0.167. The lowest BCUT2D eigenvalue weighted by atomic mass is 10.8. The topological polar surface area (TPSA) is 28.7 Å². The van der Waals surface area contributed by atoms with Gasteiger partial charge in [0.25, 0.3) is 0 Å². The molecule has 1 N–H and O–H groups in total. The lowest BCUT2D eigenvalue weighted by molar-refractivity contribution is 1.09. The Labute approximate surface area is 32.7 Å². The smallest absolute Gasteiger partial charge is 0.189 e. The number of nitrogens with one attached hydrogen (secondary N) is 1. The van der Waals surface area contributed by atoms with Crippen molar-refractivity contribution in [3.63, 3.8) is 0 Å². The highest BCUT2D eigenvalue weighted by atomic mass is 15.1. The molecule has 0 spiro atoms. The SMILES string of the molecule is [2H]c1ccn([2H])n1. The van der Waals surface area contributed by atoms with Gasteiger partial charge in [0.1, 0.15) is 0 Å². The van der Waals surface area contributed by atoms with Gasteiger partial charge in [-0.3, -0.25) is 5.09 Å². The van der Waals surface area contributed by atoms with Crippen LogP contribution in [0.15, 0.2) is 18.4 Å². The average Bonchev–Trinajstić information content (AvgIpc) is 1.87. The summed E-state index contributed by atoms with van der Waals surface area (Å²) in [5.41, 5.74) is 0. The fourth-order valence-electron chi connectivity index (χ4n) is 0.167. The zero-order valence-corrected chi connectivity index (χ0v) is 2.55. The van der Waals surface area contributed by atoms with Crippen LogP contribution in [0.25, 0.3) is 0 Å². The van der Waals surface area contributed by atoms with Crippen LogP contribution >= 0.6 is 0 Å². The first-order chi connectivity index (χ1) is 3.29. The Bertz CT molecular complexity index is 143. The molecular formula is C3H4N2. The molecule has 0 aliphatic heterocycles. The third kappa shape index (κ3) is 0.265. The first kappa shape index (κ1) is 1.12. The summed E-state index contributed by atoms with van der Waals surface area (Å²) in [6.07, 6.45) is 1.54. The van der Waals surface area contributed by atoms with Crippen LogP contribution in [0.5, 0.6) is 0 Å². The predicted molar refractivity (Wildman–Crippen MR) is 18.6 cm³/mol. The maximum absolute atomic E-state index is 6.76. The Balaban J connectivity index is 3.04. The molecule has 0 saturated carbocycles. The van der Waals surface area contributed by atoms with Crippen molar-refractivity contribution in [3.05, 3.63) is 18.4 Å². The summed E-state index contributed by atoms with van der Waals surface area (Å²) in [5, 5.41) is 4.21. The van der Waals surface area contributed by atoms with Crippen molar-refractivity contribution in [2.45, 2.75) is 0 Å². The van der Waals surface area contributed by atoms with Gasteiger partial charge in [-0.2, -0.15) is 5.10 Å². The number of aromatic amines is 1. The van der Waals surface area contributed by atoms with E-state index in [-0.39, 0.29) is 6.17 Å². The van der Waals surface area contributed by atoms with Crippen molar-refractivity contribution in [2.24, 2.45) is 0 Å². The van der Waals surface area contributed by atoms with Gasteiger partial charge in [0.15, 0.2) is 1.41 Å². The van der Waals surface area contributed by atoms with Crippen LogP contribution in [0.2, 0.25) is 1.41 Å². The first-order valence-electron chi connectivity index (χ1n) is 2.25. The van der Waals surface area contributed by atoms with E-state index in [9.17, 15) is 0 Å². The van der Waals surface area contributed by atoms with Gasteiger partial charge < -0.3 is 0 Å². The fraction of sp³-hybridized carbons (Fsp3) is 0. The van der Waals surface area contributed by atoms with Gasteiger partial charge in [-0.25, -0.2) is 0 Å². The van der Waals surface area contributed by atoms with E-state index in [1.165, 1.54) is 12.3 Å². The molecule has 0 fully saturated rings. The standard InChI is InChI=1S/C3H4N2/c1-2-4-5-3-1/h1-3H,(H,4,5)/i2D/hD. The number of rotatable bonds is 0. The van der Waals surface area contributed by atoms with Gasteiger partial charge in [-0.1, -0.05) is 0 Å². The number of nitrogens with zero attached hydrogens (tertiary/aromatic N) is 1. The molecule has 1 aromatic heterocycles. The highest BCUT2D eigenvalue weighted by Crippen LogP contribution is 1.64. The minimum atomic E-state index is 0.134. The molecule has 2 heteroatoms. The van der Waals surface area contributed by atoms with Gasteiger partial charge in [0, 0.05) is 12.4 Å². The molecule has 5 heavy (non-hydrogen) atoms. The summed E-state index contributed by atoms with van der Waals surface area (Å²) >= 11 is 0. The van der Waals surface area contributed by atoms with Crippen LogP contribution in [-0.2, 0) is 0 Å². The van der Waals surface area contributed by atoms with E-state index in [1.807, 2.05) is 0 Å². The third-order valence-electron chi connectivity index (χ3n) is 0.331. The second-order valence-corrected chi connectivity index (χ2v) is 0.660. The zero-order chi connectivity index (χ0) is 5.28. The van der Waals surface area contributed by atoms with Crippen molar-refractivity contribution in [1.29, 1.82) is 0 Å². The van der Waals surface area contributed by atoms with Crippen molar-refractivity contribution in [3.8, 4) is 0 Å². The molecule has 0 aliphatic rings. The molecule has 0 unspecified atom stereocenters. The molecule has 0 amide bonds. The number of hydrogen-bond donors (Lipinski definition) is 1. The molecule has 2 nitrogen and oxygen atoms in total. The van der Waals surface area contributed by atoms with E-state index in [2.05, 4.69) is 5.10 Å². The van der Waals surface area contributed by atoms with Crippen LogP contribution in [0.1, 0.15) is 1.37 Å². The molecule has 0 bridgehead atoms. The third-order valence-corrected chi connectivity index (χ3v) is 0.331. The minimum absolute atomic E-state index is 0.134. The second-order valence-electron chi connectivity index (χ2n) is 0.660. The molecule has 26 valence electrons. The zero-order valence-electron chi connectivity index (χ0n) is 4.55. The van der Waals surface area contributed by atoms with Crippen molar-refractivity contribution >= 4 is 0 Å². The summed E-state index contributed by atoms with van der Waals surface area (Å²) in [7, 11) is 0. The molecule has 1 heterocycles. The predicted octanol–water partition coefficient (Wildman–Crippen LogP) is 0.410. The van der Waals surface area contributed by atoms with Gasteiger partial charge in [-0.15, -0.1) is 0 Å². The number of aromatic nitrogens is 2. The van der Waals surface area contributed by atoms with Gasteiger partial charge in [-0.05, 0) is 6.07 Å². The molecule has 0 atom stereocenters. The summed E-state index contributed by atoms with van der Waals surface area (Å²) < 4.78 is 13.5. The van der Waals surface area contributed by atoms with Crippen molar-refractivity contribution in [1.82, 2.24) is 10.2 Å². The Hall–Kier alpha value is -0.790. The monoisotopic (exact) mass is 70.1 g/mol. The van der Waals surface area contributed by atoms with Gasteiger partial charge >= 0.3 is 0 Å². The lowest BCUT2D eigenvalue weighted by Crippen LogP contribution is -1.53. The summed E-state index contributed by atoms with van der Waals surface area (Å²) in [6.45, 7) is 0. The highest BCUT2D eigenvalue weighted by Gasteiger charge is 1.56. The van der Waals surface area contributed by atoms with Crippen LogP contribution in [0.3, 0.4) is 0 Å². The molecule has 1 rings (SSSR count). The van der Waals surface area contributed by atoms with Crippen LogP contribution in [0, 0.1) is 0 Å². The molecule has 0 radical (unpaired) electrons. The molecule has 0 aromatic carbocycles. The van der Waals surface area contributed by atoms with Crippen LogP contribution < -0.4 is 0 Å². The van der Waals surface area contributed by atoms with Crippen LogP contribution in [-0.4, -0.2) is 10.2 Å². The van der Waals surface area contributed by atoms with Gasteiger partial charge in [0.2, 0.25) is 0 Å². The van der Waals surface area contributed by atoms with Crippen LogP contribution in [0.4, 0.5) is 0 Å². The Morgan fingerprint density at radius 3 is 3.40 bits per heavy atom. The maximum Gasteiger partial charge on any atom is 0.189 e. The Morgan fingerprint density at radius 1 is 2.20 bits per heavy atom. The van der Waals surface area contributed by atoms with E-state index in [1.54, 1.807) is 0 Å². The number of hydrogen-bond acceptors (Lipinski definition) is 1. The highest BCUT2D eigenvalue weighted by molar-refractivity contribution is 4.72. The van der Waals surface area contributed by atoms with Crippen molar-refractivity contribution in [2.75, 3.05) is 0 Å². The summed E-state index contributed by atoms with van der Waals surface area (Å²) in [4.78, 5) is 0. The van der Waals surface area contributed by atoms with E-state index < -0.39 is 0 Å². The Kier molecular flexibility index (Phi) is 0.199. The summed E-state index contributed by atoms with van der Waals surface area (Å²) in [5.74, 6) is 0. The van der Waals surface area contributed by atoms with Gasteiger partial charge in [0.05, 0.1) is 1.37 Å². The Morgan fingerprint density at radius 2 is 3.20 bits per heavy atom. The molecule has 0 aliphatic carbocycles. The average molecular weight is 70.1 g/mol. The second kappa shape index (κ2) is 0.885. The molecular weight excluding hydrogens is 64.0 g/mol. The largest absolute Gasteiger partial charge is 0.286 e. The number of H-pyrrole nitrogens is 1. The minimum Gasteiger partial charge on any atom is -0.286 e.